The van der Waals surface area contributed by atoms with Gasteiger partial charge >= 0.3 is 0 Å². The van der Waals surface area contributed by atoms with E-state index in [1.165, 1.54) is 5.57 Å². The molecular weight excluding hydrogens is 184 g/mol. The Morgan fingerprint density at radius 2 is 1.73 bits per heavy atom. The molecule has 0 N–H and O–H groups in total. The average molecular weight is 206 g/mol. The molecule has 0 aromatic heterocycles. The van der Waals surface area contributed by atoms with Crippen molar-refractivity contribution in [2.24, 2.45) is 0 Å². The van der Waals surface area contributed by atoms with Crippen molar-refractivity contribution in [2.75, 3.05) is 6.61 Å². The van der Waals surface area contributed by atoms with E-state index < -0.39 is 0 Å². The molecule has 0 aromatic rings. The third-order valence-electron chi connectivity index (χ3n) is 1.88. The summed E-state index contributed by atoms with van der Waals surface area (Å²) < 4.78 is 5.46. The number of rotatable bonds is 0. The summed E-state index contributed by atoms with van der Waals surface area (Å²) in [6.07, 6.45) is 10.2. The Kier molecular flexibility index (Phi) is 8.61. The quantitative estimate of drug-likeness (QED) is 0.534. The maximum atomic E-state index is 5.46. The third kappa shape index (κ3) is 4.71. The van der Waals surface area contributed by atoms with Gasteiger partial charge in [-0.15, -0.1) is 5.73 Å². The smallest absolute Gasteiger partial charge is 0.123 e. The Morgan fingerprint density at radius 3 is 2.47 bits per heavy atom. The zero-order valence-electron chi connectivity index (χ0n) is 10.3. The molecule has 84 valence electrons. The van der Waals surface area contributed by atoms with Gasteiger partial charge in [0.05, 0.1) is 6.61 Å². The summed E-state index contributed by atoms with van der Waals surface area (Å²) >= 11 is 0. The molecule has 0 bridgehead atoms. The van der Waals surface area contributed by atoms with Crippen LogP contribution < -0.4 is 0 Å². The van der Waals surface area contributed by atoms with Crippen molar-refractivity contribution in [2.45, 2.75) is 40.5 Å². The SMILES string of the molecule is C1=CC=C2CCCOC2=CC=1.CC.CC. The summed E-state index contributed by atoms with van der Waals surface area (Å²) in [7, 11) is 0. The van der Waals surface area contributed by atoms with Gasteiger partial charge in [-0.1, -0.05) is 27.7 Å². The topological polar surface area (TPSA) is 9.23 Å². The Labute approximate surface area is 93.8 Å². The zero-order valence-corrected chi connectivity index (χ0v) is 10.3. The molecule has 0 atom stereocenters. The Morgan fingerprint density at radius 1 is 1.07 bits per heavy atom. The first-order valence-corrected chi connectivity index (χ1v) is 5.92. The monoisotopic (exact) mass is 206 g/mol. The lowest BCUT2D eigenvalue weighted by atomic mass is 10.1. The van der Waals surface area contributed by atoms with Gasteiger partial charge in [0.2, 0.25) is 0 Å². The lowest BCUT2D eigenvalue weighted by Gasteiger charge is -2.18. The highest BCUT2D eigenvalue weighted by Crippen LogP contribution is 2.23. The molecule has 2 rings (SSSR count). The summed E-state index contributed by atoms with van der Waals surface area (Å²) in [5.41, 5.74) is 4.32. The van der Waals surface area contributed by atoms with E-state index in [-0.39, 0.29) is 0 Å². The van der Waals surface area contributed by atoms with Crippen molar-refractivity contribution >= 4 is 0 Å². The standard InChI is InChI=1S/C10H10O.2C2H6/c1-2-5-9-6-4-8-11-10(9)7-3-1;2*1-2/h2-3,5,7H,4,6,8H2;2*1-2H3. The molecule has 0 radical (unpaired) electrons. The van der Waals surface area contributed by atoms with E-state index in [0.717, 1.165) is 25.2 Å². The fourth-order valence-corrected chi connectivity index (χ4v) is 1.31. The van der Waals surface area contributed by atoms with E-state index in [1.54, 1.807) is 0 Å². The molecule has 1 heteroatoms. The predicted molar refractivity (Wildman–Crippen MR) is 66.7 cm³/mol. The maximum Gasteiger partial charge on any atom is 0.123 e. The van der Waals surface area contributed by atoms with E-state index in [1.807, 2.05) is 45.9 Å². The highest BCUT2D eigenvalue weighted by atomic mass is 16.5. The van der Waals surface area contributed by atoms with Crippen LogP contribution >= 0.6 is 0 Å². The first-order valence-electron chi connectivity index (χ1n) is 5.92. The van der Waals surface area contributed by atoms with E-state index in [9.17, 15) is 0 Å². The van der Waals surface area contributed by atoms with Crippen molar-refractivity contribution in [3.8, 4) is 0 Å². The Hall–Kier alpha value is -1.20. The summed E-state index contributed by atoms with van der Waals surface area (Å²) in [4.78, 5) is 0. The van der Waals surface area contributed by atoms with Gasteiger partial charge in [0.15, 0.2) is 0 Å². The number of hydrogen-bond acceptors (Lipinski definition) is 1. The first kappa shape index (κ1) is 13.8. The lowest BCUT2D eigenvalue weighted by molar-refractivity contribution is 0.194. The molecule has 0 amide bonds. The predicted octanol–water partition coefficient (Wildman–Crippen LogP) is 4.38. The molecular formula is C14H22O. The van der Waals surface area contributed by atoms with Crippen LogP contribution in [0, 0.1) is 0 Å². The van der Waals surface area contributed by atoms with Crippen LogP contribution in [-0.4, -0.2) is 6.61 Å². The van der Waals surface area contributed by atoms with Crippen molar-refractivity contribution in [3.05, 3.63) is 41.4 Å². The molecule has 1 heterocycles. The van der Waals surface area contributed by atoms with Crippen LogP contribution in [0.25, 0.3) is 0 Å². The van der Waals surface area contributed by atoms with Crippen molar-refractivity contribution in [3.63, 3.8) is 0 Å². The molecule has 15 heavy (non-hydrogen) atoms. The molecule has 0 spiro atoms. The minimum absolute atomic E-state index is 0.858. The zero-order chi connectivity index (χ0) is 11.5. The van der Waals surface area contributed by atoms with Crippen LogP contribution in [0.3, 0.4) is 0 Å². The molecule has 2 aliphatic rings. The molecule has 0 saturated carbocycles. The highest BCUT2D eigenvalue weighted by molar-refractivity contribution is 5.35. The molecule has 1 fully saturated rings. The van der Waals surface area contributed by atoms with Crippen LogP contribution in [0.15, 0.2) is 41.4 Å². The number of ether oxygens (including phenoxy) is 1. The van der Waals surface area contributed by atoms with E-state index in [2.05, 4.69) is 11.8 Å². The second-order valence-corrected chi connectivity index (χ2v) is 2.67. The van der Waals surface area contributed by atoms with Crippen molar-refractivity contribution in [1.82, 2.24) is 0 Å². The Balaban J connectivity index is 0.000000442. The van der Waals surface area contributed by atoms with Crippen molar-refractivity contribution in [1.29, 1.82) is 0 Å². The number of allylic oxidation sites excluding steroid dienone is 4. The third-order valence-corrected chi connectivity index (χ3v) is 1.88. The minimum Gasteiger partial charge on any atom is -0.493 e. The van der Waals surface area contributed by atoms with Crippen LogP contribution in [0.2, 0.25) is 0 Å². The van der Waals surface area contributed by atoms with E-state index in [0.29, 0.717) is 0 Å². The molecule has 0 unspecified atom stereocenters. The van der Waals surface area contributed by atoms with Gasteiger partial charge in [0.25, 0.3) is 0 Å². The highest BCUT2D eigenvalue weighted by Gasteiger charge is 2.11. The summed E-state index contributed by atoms with van der Waals surface area (Å²) in [6, 6.07) is 0. The minimum atomic E-state index is 0.858. The average Bonchev–Trinajstić information content (AvgIpc) is 2.59. The largest absolute Gasteiger partial charge is 0.493 e. The van der Waals surface area contributed by atoms with Gasteiger partial charge in [-0.05, 0) is 42.7 Å². The first-order chi connectivity index (χ1) is 7.47. The second kappa shape index (κ2) is 9.36. The number of fused-ring (bicyclic) bond motifs is 1. The van der Waals surface area contributed by atoms with Gasteiger partial charge in [0.1, 0.15) is 5.76 Å². The van der Waals surface area contributed by atoms with E-state index in [4.69, 9.17) is 4.74 Å². The van der Waals surface area contributed by atoms with Gasteiger partial charge in [-0.25, -0.2) is 0 Å². The van der Waals surface area contributed by atoms with Gasteiger partial charge in [0, 0.05) is 0 Å². The summed E-state index contributed by atoms with van der Waals surface area (Å²) in [6.45, 7) is 8.86. The summed E-state index contributed by atoms with van der Waals surface area (Å²) in [5.74, 6) is 1.03. The van der Waals surface area contributed by atoms with Crippen LogP contribution in [0.1, 0.15) is 40.5 Å². The number of hydrogen-bond donors (Lipinski definition) is 0. The molecule has 1 aliphatic carbocycles. The fraction of sp³-hybridized carbons (Fsp3) is 0.500. The normalized spacial score (nSPS) is 16.3. The maximum absolute atomic E-state index is 5.46. The van der Waals surface area contributed by atoms with Gasteiger partial charge < -0.3 is 4.74 Å². The van der Waals surface area contributed by atoms with Crippen LogP contribution in [-0.2, 0) is 4.74 Å². The lowest BCUT2D eigenvalue weighted by Crippen LogP contribution is -2.05. The van der Waals surface area contributed by atoms with Gasteiger partial charge in [-0.3, -0.25) is 0 Å². The van der Waals surface area contributed by atoms with Crippen LogP contribution in [0.5, 0.6) is 0 Å². The molecule has 1 saturated heterocycles. The molecule has 0 aromatic carbocycles. The molecule has 1 nitrogen and oxygen atoms in total. The van der Waals surface area contributed by atoms with Gasteiger partial charge in [-0.2, -0.15) is 0 Å². The second-order valence-electron chi connectivity index (χ2n) is 2.67. The molecule has 1 aliphatic heterocycles. The Bertz CT molecular complexity index is 250. The van der Waals surface area contributed by atoms with Crippen LogP contribution in [0.4, 0.5) is 0 Å². The summed E-state index contributed by atoms with van der Waals surface area (Å²) in [5, 5.41) is 0. The van der Waals surface area contributed by atoms with Crippen molar-refractivity contribution < 1.29 is 4.74 Å². The fourth-order valence-electron chi connectivity index (χ4n) is 1.31. The van der Waals surface area contributed by atoms with E-state index >= 15 is 0 Å².